The molecule has 5 heteroatoms. The Morgan fingerprint density at radius 2 is 2.36 bits per heavy atom. The third-order valence-electron chi connectivity index (χ3n) is 1.73. The van der Waals surface area contributed by atoms with Gasteiger partial charge in [-0.3, -0.25) is 9.59 Å². The molecule has 0 saturated heterocycles. The second-order valence-corrected chi connectivity index (χ2v) is 2.67. The first-order chi connectivity index (χ1) is 6.70. The molecular weight excluding hydrogens is 184 g/mol. The van der Waals surface area contributed by atoms with Crippen molar-refractivity contribution in [1.82, 2.24) is 4.57 Å². The molecule has 14 heavy (non-hydrogen) atoms. The average Bonchev–Trinajstić information content (AvgIpc) is 2.18. The SMILES string of the molecule is CCOc1ccn(C)c(=O)c1NC=O. The summed E-state index contributed by atoms with van der Waals surface area (Å²) < 4.78 is 6.56. The van der Waals surface area contributed by atoms with Crippen LogP contribution in [0.25, 0.3) is 0 Å². The molecule has 0 bridgehead atoms. The molecule has 0 aliphatic heterocycles. The quantitative estimate of drug-likeness (QED) is 0.707. The van der Waals surface area contributed by atoms with Crippen LogP contribution in [0.3, 0.4) is 0 Å². The van der Waals surface area contributed by atoms with E-state index in [-0.39, 0.29) is 11.2 Å². The van der Waals surface area contributed by atoms with Gasteiger partial charge in [0.05, 0.1) is 6.61 Å². The Kier molecular flexibility index (Phi) is 3.28. The summed E-state index contributed by atoms with van der Waals surface area (Å²) >= 11 is 0. The first-order valence-electron chi connectivity index (χ1n) is 4.23. The summed E-state index contributed by atoms with van der Waals surface area (Å²) in [4.78, 5) is 21.8. The van der Waals surface area contributed by atoms with Gasteiger partial charge in [0, 0.05) is 13.2 Å². The van der Waals surface area contributed by atoms with Crippen molar-refractivity contribution < 1.29 is 9.53 Å². The molecule has 0 atom stereocenters. The number of nitrogens with one attached hydrogen (secondary N) is 1. The van der Waals surface area contributed by atoms with Gasteiger partial charge in [0.2, 0.25) is 6.41 Å². The Labute approximate surface area is 81.3 Å². The van der Waals surface area contributed by atoms with Crippen molar-refractivity contribution in [2.24, 2.45) is 7.05 Å². The highest BCUT2D eigenvalue weighted by molar-refractivity contribution is 5.74. The lowest BCUT2D eigenvalue weighted by Gasteiger charge is -2.09. The number of amides is 1. The summed E-state index contributed by atoms with van der Waals surface area (Å²) in [5.74, 6) is 0.391. The topological polar surface area (TPSA) is 60.3 Å². The van der Waals surface area contributed by atoms with Gasteiger partial charge < -0.3 is 14.6 Å². The van der Waals surface area contributed by atoms with E-state index in [1.165, 1.54) is 4.57 Å². The smallest absolute Gasteiger partial charge is 0.277 e. The zero-order valence-electron chi connectivity index (χ0n) is 8.11. The second-order valence-electron chi connectivity index (χ2n) is 2.67. The Hall–Kier alpha value is -1.78. The van der Waals surface area contributed by atoms with Crippen molar-refractivity contribution in [3.63, 3.8) is 0 Å². The zero-order chi connectivity index (χ0) is 10.6. The van der Waals surface area contributed by atoms with E-state index >= 15 is 0 Å². The summed E-state index contributed by atoms with van der Waals surface area (Å²) in [6.45, 7) is 2.25. The van der Waals surface area contributed by atoms with Gasteiger partial charge in [-0.25, -0.2) is 0 Å². The minimum absolute atomic E-state index is 0.173. The average molecular weight is 196 g/mol. The Morgan fingerprint density at radius 3 is 2.93 bits per heavy atom. The third kappa shape index (κ3) is 1.93. The van der Waals surface area contributed by atoms with Crippen molar-refractivity contribution >= 4 is 12.1 Å². The van der Waals surface area contributed by atoms with Crippen LogP contribution in [0, 0.1) is 0 Å². The molecule has 0 spiro atoms. The number of nitrogens with zero attached hydrogens (tertiary/aromatic N) is 1. The maximum Gasteiger partial charge on any atom is 0.277 e. The molecule has 0 aliphatic rings. The van der Waals surface area contributed by atoms with E-state index < -0.39 is 0 Å². The number of aryl methyl sites for hydroxylation is 1. The van der Waals surface area contributed by atoms with Crippen LogP contribution in [0.15, 0.2) is 17.1 Å². The lowest BCUT2D eigenvalue weighted by atomic mass is 10.3. The predicted octanol–water partition coefficient (Wildman–Crippen LogP) is 0.352. The molecule has 0 radical (unpaired) electrons. The third-order valence-corrected chi connectivity index (χ3v) is 1.73. The summed E-state index contributed by atoms with van der Waals surface area (Å²) in [6, 6.07) is 1.64. The number of hydrogen-bond acceptors (Lipinski definition) is 3. The van der Waals surface area contributed by atoms with Crippen LogP contribution in [-0.2, 0) is 11.8 Å². The Morgan fingerprint density at radius 1 is 1.64 bits per heavy atom. The molecular formula is C9H12N2O3. The minimum Gasteiger partial charge on any atom is -0.491 e. The standard InChI is InChI=1S/C9H12N2O3/c1-3-14-7-4-5-11(2)9(13)8(7)10-6-12/h4-6H,3H2,1-2H3,(H,10,12). The number of pyridine rings is 1. The molecule has 0 saturated carbocycles. The fraction of sp³-hybridized carbons (Fsp3) is 0.333. The van der Waals surface area contributed by atoms with E-state index in [9.17, 15) is 9.59 Å². The van der Waals surface area contributed by atoms with Crippen molar-refractivity contribution in [3.8, 4) is 5.75 Å². The fourth-order valence-electron chi connectivity index (χ4n) is 1.08. The van der Waals surface area contributed by atoms with Crippen LogP contribution in [0.1, 0.15) is 6.92 Å². The van der Waals surface area contributed by atoms with Crippen molar-refractivity contribution in [3.05, 3.63) is 22.6 Å². The van der Waals surface area contributed by atoms with Crippen molar-refractivity contribution in [2.75, 3.05) is 11.9 Å². The van der Waals surface area contributed by atoms with E-state index in [2.05, 4.69) is 5.32 Å². The van der Waals surface area contributed by atoms with E-state index in [4.69, 9.17) is 4.74 Å². The van der Waals surface area contributed by atoms with Crippen molar-refractivity contribution in [2.45, 2.75) is 6.92 Å². The van der Waals surface area contributed by atoms with Crippen LogP contribution < -0.4 is 15.6 Å². The first-order valence-corrected chi connectivity index (χ1v) is 4.23. The van der Waals surface area contributed by atoms with E-state index in [1.54, 1.807) is 19.3 Å². The highest BCUT2D eigenvalue weighted by Crippen LogP contribution is 2.18. The zero-order valence-corrected chi connectivity index (χ0v) is 8.11. The summed E-state index contributed by atoms with van der Waals surface area (Å²) in [6.07, 6.45) is 2.04. The van der Waals surface area contributed by atoms with Gasteiger partial charge >= 0.3 is 0 Å². The van der Waals surface area contributed by atoms with Crippen molar-refractivity contribution in [1.29, 1.82) is 0 Å². The highest BCUT2D eigenvalue weighted by Gasteiger charge is 2.08. The monoisotopic (exact) mass is 196 g/mol. The van der Waals surface area contributed by atoms with Crippen LogP contribution in [0.5, 0.6) is 5.75 Å². The number of aromatic nitrogens is 1. The van der Waals surface area contributed by atoms with Crippen LogP contribution in [-0.4, -0.2) is 17.6 Å². The highest BCUT2D eigenvalue weighted by atomic mass is 16.5. The van der Waals surface area contributed by atoms with E-state index in [1.807, 2.05) is 6.92 Å². The molecule has 0 aliphatic carbocycles. The molecule has 1 aromatic heterocycles. The molecule has 1 rings (SSSR count). The molecule has 1 aromatic rings. The fourth-order valence-corrected chi connectivity index (χ4v) is 1.08. The number of rotatable bonds is 4. The van der Waals surface area contributed by atoms with Gasteiger partial charge in [0.15, 0.2) is 0 Å². The van der Waals surface area contributed by atoms with Gasteiger partial charge in [0.25, 0.3) is 5.56 Å². The number of carbonyl (C=O) groups excluding carboxylic acids is 1. The number of hydrogen-bond donors (Lipinski definition) is 1. The van der Waals surface area contributed by atoms with Gasteiger partial charge in [-0.2, -0.15) is 0 Å². The maximum atomic E-state index is 11.5. The van der Waals surface area contributed by atoms with Gasteiger partial charge in [-0.15, -0.1) is 0 Å². The molecule has 1 amide bonds. The Bertz CT molecular complexity index is 384. The molecule has 1 N–H and O–H groups in total. The summed E-state index contributed by atoms with van der Waals surface area (Å²) in [7, 11) is 1.61. The predicted molar refractivity (Wildman–Crippen MR) is 52.5 cm³/mol. The molecule has 0 fully saturated rings. The van der Waals surface area contributed by atoms with Gasteiger partial charge in [-0.05, 0) is 13.0 Å². The molecule has 5 nitrogen and oxygen atoms in total. The second kappa shape index (κ2) is 4.45. The number of ether oxygens (including phenoxy) is 1. The number of anilines is 1. The number of carbonyl (C=O) groups is 1. The minimum atomic E-state index is -0.289. The Balaban J connectivity index is 3.22. The maximum absolute atomic E-state index is 11.5. The largest absolute Gasteiger partial charge is 0.491 e. The van der Waals surface area contributed by atoms with Crippen LogP contribution >= 0.6 is 0 Å². The van der Waals surface area contributed by atoms with Gasteiger partial charge in [-0.1, -0.05) is 0 Å². The molecule has 0 aromatic carbocycles. The molecule has 1 heterocycles. The normalized spacial score (nSPS) is 9.57. The lowest BCUT2D eigenvalue weighted by molar-refractivity contribution is -0.105. The summed E-state index contributed by atoms with van der Waals surface area (Å²) in [5, 5.41) is 2.33. The molecule has 0 unspecified atom stereocenters. The van der Waals surface area contributed by atoms with Crippen LogP contribution in [0.4, 0.5) is 5.69 Å². The van der Waals surface area contributed by atoms with E-state index in [0.717, 1.165) is 0 Å². The van der Waals surface area contributed by atoms with Gasteiger partial charge in [0.1, 0.15) is 11.4 Å². The van der Waals surface area contributed by atoms with Crippen LogP contribution in [0.2, 0.25) is 0 Å². The van der Waals surface area contributed by atoms with E-state index in [0.29, 0.717) is 18.8 Å². The molecule has 76 valence electrons. The first kappa shape index (κ1) is 10.3. The lowest BCUT2D eigenvalue weighted by Crippen LogP contribution is -2.21. The summed E-state index contributed by atoms with van der Waals surface area (Å²) in [5.41, 5.74) is -0.116.